The van der Waals surface area contributed by atoms with Gasteiger partial charge in [0.1, 0.15) is 6.61 Å². The minimum absolute atomic E-state index is 0.0706. The number of hydrogen-bond donors (Lipinski definition) is 1. The Hall–Kier alpha value is -3.67. The first-order chi connectivity index (χ1) is 18.6. The summed E-state index contributed by atoms with van der Waals surface area (Å²) < 4.78 is 12.0. The smallest absolute Gasteiger partial charge is 0.408 e. The maximum Gasteiger partial charge on any atom is 0.408 e. The van der Waals surface area contributed by atoms with Crippen molar-refractivity contribution in [2.75, 3.05) is 6.61 Å². The Balaban J connectivity index is 1.42. The maximum atomic E-state index is 12.8. The fraction of sp³-hybridized carbons (Fsp3) is 0.265. The van der Waals surface area contributed by atoms with Crippen molar-refractivity contribution in [1.82, 2.24) is 5.32 Å². The molecule has 0 fully saturated rings. The summed E-state index contributed by atoms with van der Waals surface area (Å²) in [5.74, 6) is 0. The summed E-state index contributed by atoms with van der Waals surface area (Å²) in [5, 5.41) is 10.6. The van der Waals surface area contributed by atoms with Crippen molar-refractivity contribution in [2.24, 2.45) is 0 Å². The second kappa shape index (κ2) is 10.8. The molecule has 1 N–H and O–H groups in total. The van der Waals surface area contributed by atoms with Crippen LogP contribution >= 0.6 is 0 Å². The number of carbonyl (C=O) groups is 1. The molecular weight excluding hydrogens is 498 g/mol. The molecule has 4 nitrogen and oxygen atoms in total. The van der Waals surface area contributed by atoms with E-state index >= 15 is 0 Å². The van der Waals surface area contributed by atoms with Gasteiger partial charge in [-0.2, -0.15) is 0 Å². The largest absolute Gasteiger partial charge is 0.445 e. The van der Waals surface area contributed by atoms with Crippen LogP contribution in [0.1, 0.15) is 31.9 Å². The van der Waals surface area contributed by atoms with Crippen LogP contribution in [0.15, 0.2) is 91.0 Å². The van der Waals surface area contributed by atoms with E-state index in [-0.39, 0.29) is 17.7 Å². The van der Waals surface area contributed by atoms with Crippen LogP contribution in [0.5, 0.6) is 0 Å². The number of carbonyl (C=O) groups excluding carboxylic acids is 1. The van der Waals surface area contributed by atoms with E-state index in [0.29, 0.717) is 6.61 Å². The molecular formula is C34H37NO3Si. The number of alkyl carbamates (subject to hydrolysis) is 1. The van der Waals surface area contributed by atoms with Gasteiger partial charge in [0, 0.05) is 0 Å². The molecule has 5 aromatic rings. The van der Waals surface area contributed by atoms with Crippen LogP contribution in [0.2, 0.25) is 18.1 Å². The van der Waals surface area contributed by atoms with Gasteiger partial charge in [0.05, 0.1) is 12.6 Å². The van der Waals surface area contributed by atoms with Crippen LogP contribution in [0.4, 0.5) is 4.79 Å². The Morgan fingerprint density at radius 3 is 2.18 bits per heavy atom. The summed E-state index contributed by atoms with van der Waals surface area (Å²) in [4.78, 5) is 12.8. The standard InChI is InChI=1S/C34H37NO3Si/c1-34(2,3)39(4,5)38-23-29(35-33(36)37-22-24-10-7-6-8-11-24)20-18-25-14-15-28-17-16-26-12-9-13-27-19-21-30(25)32(28)31(26)27/h6-21,29H,22-23H2,1-5H3,(H,35,36)/b20-18+. The van der Waals surface area contributed by atoms with Gasteiger partial charge in [-0.05, 0) is 61.6 Å². The predicted molar refractivity (Wildman–Crippen MR) is 166 cm³/mol. The van der Waals surface area contributed by atoms with Crippen LogP contribution in [-0.2, 0) is 15.8 Å². The molecule has 39 heavy (non-hydrogen) atoms. The minimum Gasteiger partial charge on any atom is -0.445 e. The second-order valence-corrected chi connectivity index (χ2v) is 16.6. The van der Waals surface area contributed by atoms with E-state index in [2.05, 4.69) is 99.9 Å². The van der Waals surface area contributed by atoms with Gasteiger partial charge in [-0.15, -0.1) is 0 Å². The van der Waals surface area contributed by atoms with Crippen molar-refractivity contribution >= 4 is 52.8 Å². The Morgan fingerprint density at radius 1 is 0.846 bits per heavy atom. The van der Waals surface area contributed by atoms with Crippen molar-refractivity contribution in [3.8, 4) is 0 Å². The highest BCUT2D eigenvalue weighted by Crippen LogP contribution is 2.37. The zero-order valence-electron chi connectivity index (χ0n) is 23.5. The van der Waals surface area contributed by atoms with Crippen LogP contribution in [0.25, 0.3) is 38.4 Å². The molecule has 1 atom stereocenters. The van der Waals surface area contributed by atoms with Gasteiger partial charge in [-0.25, -0.2) is 4.79 Å². The lowest BCUT2D eigenvalue weighted by atomic mass is 9.92. The maximum absolute atomic E-state index is 12.8. The summed E-state index contributed by atoms with van der Waals surface area (Å²) in [5.41, 5.74) is 2.06. The molecule has 1 unspecified atom stereocenters. The highest BCUT2D eigenvalue weighted by atomic mass is 28.4. The van der Waals surface area contributed by atoms with Gasteiger partial charge < -0.3 is 14.5 Å². The Labute approximate surface area is 232 Å². The normalized spacial score (nSPS) is 13.5. The number of rotatable bonds is 8. The Morgan fingerprint density at radius 2 is 1.49 bits per heavy atom. The number of nitrogens with one attached hydrogen (secondary N) is 1. The number of hydrogen-bond acceptors (Lipinski definition) is 3. The quantitative estimate of drug-likeness (QED) is 0.159. The van der Waals surface area contributed by atoms with E-state index in [4.69, 9.17) is 9.16 Å². The van der Waals surface area contributed by atoms with E-state index in [9.17, 15) is 4.79 Å². The van der Waals surface area contributed by atoms with Gasteiger partial charge in [0.25, 0.3) is 0 Å². The van der Waals surface area contributed by atoms with Gasteiger partial charge in [0.15, 0.2) is 8.32 Å². The van der Waals surface area contributed by atoms with Crippen molar-refractivity contribution in [3.63, 3.8) is 0 Å². The van der Waals surface area contributed by atoms with Gasteiger partial charge >= 0.3 is 6.09 Å². The molecule has 5 rings (SSSR count). The average Bonchev–Trinajstić information content (AvgIpc) is 2.92. The summed E-state index contributed by atoms with van der Waals surface area (Å²) >= 11 is 0. The van der Waals surface area contributed by atoms with E-state index < -0.39 is 14.4 Å². The first-order valence-corrected chi connectivity index (χ1v) is 16.5. The molecule has 0 radical (unpaired) electrons. The molecule has 0 heterocycles. The minimum atomic E-state index is -2.01. The Kier molecular flexibility index (Phi) is 7.48. The molecule has 0 bridgehead atoms. The summed E-state index contributed by atoms with van der Waals surface area (Å²) in [7, 11) is -2.01. The van der Waals surface area contributed by atoms with Crippen LogP contribution in [-0.4, -0.2) is 27.1 Å². The van der Waals surface area contributed by atoms with E-state index in [0.717, 1.165) is 11.1 Å². The van der Waals surface area contributed by atoms with Crippen molar-refractivity contribution in [2.45, 2.75) is 51.6 Å². The Bertz CT molecular complexity index is 1600. The highest BCUT2D eigenvalue weighted by molar-refractivity contribution is 6.74. The van der Waals surface area contributed by atoms with Crippen LogP contribution < -0.4 is 5.32 Å². The summed E-state index contributed by atoms with van der Waals surface area (Å²) in [6.07, 6.45) is 3.68. The van der Waals surface area contributed by atoms with Crippen molar-refractivity contribution < 1.29 is 14.0 Å². The molecule has 5 heteroatoms. The SMILES string of the molecule is CC(C)(C)[Si](C)(C)OCC(/C=C/c1ccc2ccc3cccc4ccc1c2c34)NC(=O)OCc1ccccc1. The molecule has 0 spiro atoms. The molecule has 200 valence electrons. The molecule has 0 aromatic heterocycles. The highest BCUT2D eigenvalue weighted by Gasteiger charge is 2.37. The van der Waals surface area contributed by atoms with E-state index in [1.54, 1.807) is 0 Å². The van der Waals surface area contributed by atoms with Gasteiger partial charge in [-0.3, -0.25) is 0 Å². The molecule has 5 aromatic carbocycles. The zero-order chi connectivity index (χ0) is 27.6. The first kappa shape index (κ1) is 26.9. The number of ether oxygens (including phenoxy) is 1. The lowest BCUT2D eigenvalue weighted by Gasteiger charge is -2.37. The fourth-order valence-corrected chi connectivity index (χ4v) is 5.73. The second-order valence-electron chi connectivity index (χ2n) is 11.8. The third-order valence-corrected chi connectivity index (χ3v) is 12.5. The molecule has 1 amide bonds. The van der Waals surface area contributed by atoms with E-state index in [1.807, 2.05) is 36.4 Å². The molecule has 0 aliphatic rings. The fourth-order valence-electron chi connectivity index (χ4n) is 4.70. The number of benzene rings is 5. The number of amides is 1. The molecule has 0 saturated carbocycles. The lowest BCUT2D eigenvalue weighted by Crippen LogP contribution is -2.45. The monoisotopic (exact) mass is 535 g/mol. The molecule has 0 aliphatic carbocycles. The average molecular weight is 536 g/mol. The van der Waals surface area contributed by atoms with Crippen LogP contribution in [0.3, 0.4) is 0 Å². The van der Waals surface area contributed by atoms with Crippen LogP contribution in [0, 0.1) is 0 Å². The summed E-state index contributed by atoms with van der Waals surface area (Å²) in [6, 6.07) is 28.9. The van der Waals surface area contributed by atoms with E-state index in [1.165, 1.54) is 32.3 Å². The third-order valence-electron chi connectivity index (χ3n) is 8.02. The molecule has 0 aliphatic heterocycles. The lowest BCUT2D eigenvalue weighted by molar-refractivity contribution is 0.133. The van der Waals surface area contributed by atoms with Crippen molar-refractivity contribution in [1.29, 1.82) is 0 Å². The van der Waals surface area contributed by atoms with Gasteiger partial charge in [0.2, 0.25) is 0 Å². The van der Waals surface area contributed by atoms with Crippen molar-refractivity contribution in [3.05, 3.63) is 102 Å². The topological polar surface area (TPSA) is 47.6 Å². The first-order valence-electron chi connectivity index (χ1n) is 13.6. The van der Waals surface area contributed by atoms with Gasteiger partial charge in [-0.1, -0.05) is 118 Å². The predicted octanol–water partition coefficient (Wildman–Crippen LogP) is 8.91. The summed E-state index contributed by atoms with van der Waals surface area (Å²) in [6.45, 7) is 11.7. The molecule has 0 saturated heterocycles. The zero-order valence-corrected chi connectivity index (χ0v) is 24.5. The third kappa shape index (κ3) is 5.85.